The third kappa shape index (κ3) is 9.60. The van der Waals surface area contributed by atoms with Crippen LogP contribution in [0.15, 0.2) is 54.7 Å². The highest BCUT2D eigenvalue weighted by molar-refractivity contribution is 6.04. The number of alkyl carbamates (subject to hydrolysis) is 2. The Morgan fingerprint density at radius 2 is 1.24 bits per heavy atom. The Morgan fingerprint density at radius 3 is 1.80 bits per heavy atom. The molecule has 0 saturated carbocycles. The summed E-state index contributed by atoms with van der Waals surface area (Å²) in [5.74, 6) is -0.878. The van der Waals surface area contributed by atoms with Gasteiger partial charge in [0.25, 0.3) is 5.91 Å². The lowest BCUT2D eigenvalue weighted by molar-refractivity contribution is -0.140. The van der Waals surface area contributed by atoms with Crippen LogP contribution in [-0.2, 0) is 23.9 Å². The summed E-state index contributed by atoms with van der Waals surface area (Å²) in [4.78, 5) is 87.5. The van der Waals surface area contributed by atoms with E-state index < -0.39 is 48.2 Å². The van der Waals surface area contributed by atoms with Gasteiger partial charge in [-0.3, -0.25) is 19.7 Å². The summed E-state index contributed by atoms with van der Waals surface area (Å²) < 4.78 is 9.38. The van der Waals surface area contributed by atoms with Crippen molar-refractivity contribution in [2.45, 2.75) is 77.5 Å². The predicted molar refractivity (Wildman–Crippen MR) is 203 cm³/mol. The molecule has 5 rings (SSSR count). The molecular formula is C39H50N8O8. The van der Waals surface area contributed by atoms with Gasteiger partial charge < -0.3 is 40.2 Å². The number of benzene rings is 2. The van der Waals surface area contributed by atoms with Crippen LogP contribution >= 0.6 is 0 Å². The molecule has 2 saturated heterocycles. The fourth-order valence-electron chi connectivity index (χ4n) is 6.97. The number of amides is 7. The summed E-state index contributed by atoms with van der Waals surface area (Å²) in [6, 6.07) is 11.6. The first-order valence-electron chi connectivity index (χ1n) is 18.5. The molecule has 1 aromatic heterocycles. The van der Waals surface area contributed by atoms with Crippen LogP contribution in [0.3, 0.4) is 0 Å². The van der Waals surface area contributed by atoms with Gasteiger partial charge in [0.15, 0.2) is 0 Å². The summed E-state index contributed by atoms with van der Waals surface area (Å²) in [6.45, 7) is 8.21. The van der Waals surface area contributed by atoms with Gasteiger partial charge in [0.05, 0.1) is 32.2 Å². The van der Waals surface area contributed by atoms with Gasteiger partial charge >= 0.3 is 18.2 Å². The molecule has 4 atom stereocenters. The number of nitrogens with zero attached hydrogens (tertiary/aromatic N) is 3. The Balaban J connectivity index is 1.17. The van der Waals surface area contributed by atoms with E-state index in [1.807, 2.05) is 50.2 Å². The molecule has 3 heterocycles. The van der Waals surface area contributed by atoms with E-state index in [9.17, 15) is 28.8 Å². The van der Waals surface area contributed by atoms with Crippen LogP contribution in [0.1, 0.15) is 65.2 Å². The number of carbonyl (C=O) groups is 6. The Morgan fingerprint density at radius 1 is 0.727 bits per heavy atom. The maximum atomic E-state index is 13.5. The first kappa shape index (κ1) is 40.3. The Bertz CT molecular complexity index is 1860. The number of ether oxygens (including phenoxy) is 2. The fourth-order valence-corrected chi connectivity index (χ4v) is 6.97. The molecule has 2 fully saturated rings. The highest BCUT2D eigenvalue weighted by Gasteiger charge is 2.40. The number of imide groups is 1. The number of hydrogen-bond donors (Lipinski definition) is 5. The smallest absolute Gasteiger partial charge is 0.407 e. The lowest BCUT2D eigenvalue weighted by Crippen LogP contribution is -2.55. The van der Waals surface area contributed by atoms with E-state index in [4.69, 9.17) is 4.74 Å². The van der Waals surface area contributed by atoms with Gasteiger partial charge in [-0.25, -0.2) is 19.4 Å². The van der Waals surface area contributed by atoms with Crippen molar-refractivity contribution in [3.05, 3.63) is 60.6 Å². The van der Waals surface area contributed by atoms with Gasteiger partial charge in [0.2, 0.25) is 11.8 Å². The van der Waals surface area contributed by atoms with Gasteiger partial charge in [-0.15, -0.1) is 0 Å². The number of urea groups is 1. The average molecular weight is 759 g/mol. The summed E-state index contributed by atoms with van der Waals surface area (Å²) >= 11 is 0. The monoisotopic (exact) mass is 758 g/mol. The molecular weight excluding hydrogens is 708 g/mol. The molecule has 16 nitrogen and oxygen atoms in total. The molecule has 4 unspecified atom stereocenters. The Labute approximate surface area is 320 Å². The number of anilines is 1. The zero-order valence-electron chi connectivity index (χ0n) is 32.0. The van der Waals surface area contributed by atoms with Gasteiger partial charge in [-0.05, 0) is 66.3 Å². The fraction of sp³-hybridized carbons (Fsp3) is 0.462. The number of imidazole rings is 1. The lowest BCUT2D eigenvalue weighted by Gasteiger charge is -2.30. The number of nitrogens with one attached hydrogen (secondary N) is 5. The molecule has 5 N–H and O–H groups in total. The molecule has 2 aliphatic heterocycles. The number of carbonyl (C=O) groups excluding carboxylic acids is 6. The number of methoxy groups -OCH3 is 2. The van der Waals surface area contributed by atoms with Gasteiger partial charge in [-0.2, -0.15) is 0 Å². The van der Waals surface area contributed by atoms with Crippen molar-refractivity contribution < 1.29 is 38.2 Å². The van der Waals surface area contributed by atoms with Crippen LogP contribution in [0.2, 0.25) is 0 Å². The summed E-state index contributed by atoms with van der Waals surface area (Å²) in [5.41, 5.74) is 4.02. The first-order chi connectivity index (χ1) is 26.3. The van der Waals surface area contributed by atoms with Gasteiger partial charge in [0.1, 0.15) is 23.9 Å². The highest BCUT2D eigenvalue weighted by Crippen LogP contribution is 2.33. The van der Waals surface area contributed by atoms with E-state index in [0.717, 1.165) is 35.2 Å². The Kier molecular flexibility index (Phi) is 13.1. The normalized spacial score (nSPS) is 17.7. The van der Waals surface area contributed by atoms with Crippen molar-refractivity contribution in [2.75, 3.05) is 32.6 Å². The molecule has 3 aromatic rings. The van der Waals surface area contributed by atoms with Crippen molar-refractivity contribution in [3.63, 3.8) is 0 Å². The number of H-pyrrole nitrogens is 1. The van der Waals surface area contributed by atoms with Crippen LogP contribution in [0.25, 0.3) is 22.4 Å². The number of aromatic nitrogens is 2. The van der Waals surface area contributed by atoms with Crippen molar-refractivity contribution in [3.8, 4) is 22.4 Å². The standard InChI is InChI=1S/C39H50N8O8/c1-22(2)31(43-38(52)54-5)35(49)46-19-7-9-29(46)33-40-21-28(42-33)26-13-11-24(12-14-26)25-15-17-27(18-16-25)41-37(51)45-34(48)30-10-8-20-47(30)36(50)32(23(3)4)44-39(53)55-6/h11-18,21-23,29-32H,7-10,19-20H2,1-6H3,(H,40,42)(H,43,52)(H,44,53)(H2,41,45,48,51). The molecule has 0 aliphatic carbocycles. The maximum Gasteiger partial charge on any atom is 0.407 e. The summed E-state index contributed by atoms with van der Waals surface area (Å²) in [7, 11) is 2.48. The molecule has 7 amide bonds. The molecule has 55 heavy (non-hydrogen) atoms. The van der Waals surface area contributed by atoms with Crippen molar-refractivity contribution >= 4 is 41.6 Å². The number of likely N-dealkylation sites (tertiary alicyclic amines) is 2. The topological polar surface area (TPSA) is 204 Å². The highest BCUT2D eigenvalue weighted by atomic mass is 16.5. The zero-order valence-corrected chi connectivity index (χ0v) is 32.0. The van der Waals surface area contributed by atoms with Crippen LogP contribution in [0.5, 0.6) is 0 Å². The second kappa shape index (κ2) is 17.9. The largest absolute Gasteiger partial charge is 0.453 e. The molecule has 2 aliphatic rings. The predicted octanol–water partition coefficient (Wildman–Crippen LogP) is 4.81. The number of rotatable bonds is 11. The van der Waals surface area contributed by atoms with E-state index in [2.05, 4.69) is 36.0 Å². The zero-order chi connectivity index (χ0) is 39.8. The van der Waals surface area contributed by atoms with E-state index >= 15 is 0 Å². The minimum atomic E-state index is -0.878. The van der Waals surface area contributed by atoms with Crippen LogP contribution < -0.4 is 21.3 Å². The quantitative estimate of drug-likeness (QED) is 0.182. The molecule has 0 spiro atoms. The Hall–Kier alpha value is -5.93. The molecule has 294 valence electrons. The van der Waals surface area contributed by atoms with Crippen molar-refractivity contribution in [1.29, 1.82) is 0 Å². The summed E-state index contributed by atoms with van der Waals surface area (Å²) in [5, 5.41) is 10.2. The van der Waals surface area contributed by atoms with E-state index in [1.54, 1.807) is 37.1 Å². The SMILES string of the molecule is COC(=O)NC(C(=O)N1CCCC1C(=O)NC(=O)Nc1ccc(-c2ccc(-c3cnc(C4CCCN4C(=O)C(NC(=O)OC)C(C)C)[nH]3)cc2)cc1)C(C)C. The molecule has 0 bridgehead atoms. The van der Waals surface area contributed by atoms with Crippen molar-refractivity contribution in [2.24, 2.45) is 11.8 Å². The van der Waals surface area contributed by atoms with Crippen molar-refractivity contribution in [1.82, 2.24) is 35.7 Å². The average Bonchev–Trinajstić information content (AvgIpc) is 3.97. The summed E-state index contributed by atoms with van der Waals surface area (Å²) in [6.07, 6.45) is 2.91. The lowest BCUT2D eigenvalue weighted by atomic mass is 10.0. The third-order valence-electron chi connectivity index (χ3n) is 9.98. The molecule has 16 heteroatoms. The second-order valence-electron chi connectivity index (χ2n) is 14.4. The minimum Gasteiger partial charge on any atom is -0.453 e. The molecule has 0 radical (unpaired) electrons. The van der Waals surface area contributed by atoms with Crippen LogP contribution in [-0.4, -0.2) is 101 Å². The third-order valence-corrected chi connectivity index (χ3v) is 9.98. The minimum absolute atomic E-state index is 0.127. The first-order valence-corrected chi connectivity index (χ1v) is 18.5. The van der Waals surface area contributed by atoms with Crippen LogP contribution in [0, 0.1) is 11.8 Å². The van der Waals surface area contributed by atoms with Gasteiger partial charge in [0, 0.05) is 18.8 Å². The van der Waals surface area contributed by atoms with E-state index in [0.29, 0.717) is 37.4 Å². The number of aromatic amines is 1. The van der Waals surface area contributed by atoms with Crippen LogP contribution in [0.4, 0.5) is 20.1 Å². The second-order valence-corrected chi connectivity index (χ2v) is 14.4. The van der Waals surface area contributed by atoms with E-state index in [1.165, 1.54) is 19.1 Å². The van der Waals surface area contributed by atoms with Gasteiger partial charge in [-0.1, -0.05) is 64.1 Å². The molecule has 2 aromatic carbocycles. The number of hydrogen-bond acceptors (Lipinski definition) is 9. The van der Waals surface area contributed by atoms with E-state index in [-0.39, 0.29) is 23.8 Å². The maximum absolute atomic E-state index is 13.5.